The van der Waals surface area contributed by atoms with Crippen LogP contribution in [0.25, 0.3) is 0 Å². The number of aromatic nitrogens is 4. The summed E-state index contributed by atoms with van der Waals surface area (Å²) in [5.41, 5.74) is 0.288. The Morgan fingerprint density at radius 3 is 2.44 bits per heavy atom. The zero-order valence-corrected chi connectivity index (χ0v) is 21.0. The van der Waals surface area contributed by atoms with Crippen LogP contribution < -0.4 is 21.4 Å². The minimum absolute atomic E-state index is 0.109. The fourth-order valence-corrected chi connectivity index (χ4v) is 4.05. The second-order valence-electron chi connectivity index (χ2n) is 7.42. The van der Waals surface area contributed by atoms with E-state index in [1.165, 1.54) is 10.8 Å². The lowest BCUT2D eigenvalue weighted by molar-refractivity contribution is 0.0532. The van der Waals surface area contributed by atoms with E-state index >= 15 is 0 Å². The maximum absolute atomic E-state index is 13.0. The van der Waals surface area contributed by atoms with Crippen LogP contribution in [0.4, 0.5) is 11.6 Å². The molecule has 0 aliphatic heterocycles. The zero-order valence-electron chi connectivity index (χ0n) is 19.4. The molecule has 2 aromatic heterocycles. The molecule has 0 saturated carbocycles. The SMILES string of the molecule is CCOC(=O)c1cnc(Oc2ccc(Nc3nc(=O)n(CC)c(=O)n3Cc3ccc(Cl)cc3)cc2)s1. The molecule has 0 amide bonds. The maximum Gasteiger partial charge on any atom is 0.354 e. The monoisotopic (exact) mass is 527 g/mol. The number of hydrogen-bond donors (Lipinski definition) is 1. The van der Waals surface area contributed by atoms with Crippen LogP contribution in [0.5, 0.6) is 10.9 Å². The number of ether oxygens (including phenoxy) is 2. The van der Waals surface area contributed by atoms with Gasteiger partial charge in [-0.15, -0.1) is 0 Å². The predicted molar refractivity (Wildman–Crippen MR) is 137 cm³/mol. The smallest absolute Gasteiger partial charge is 0.354 e. The van der Waals surface area contributed by atoms with Crippen LogP contribution in [0, 0.1) is 0 Å². The first-order valence-electron chi connectivity index (χ1n) is 11.0. The normalized spacial score (nSPS) is 10.8. The van der Waals surface area contributed by atoms with Gasteiger partial charge in [0.05, 0.1) is 19.3 Å². The standard InChI is InChI=1S/C24H22ClN5O5S/c1-3-29-22(32)28-21(30(24(29)33)14-15-5-7-16(25)8-6-15)27-17-9-11-18(12-10-17)35-23-26-13-19(36-23)20(31)34-4-2/h5-13H,3-4,14H2,1-2H3,(H,27,28,32). The van der Waals surface area contributed by atoms with E-state index in [2.05, 4.69) is 15.3 Å². The van der Waals surface area contributed by atoms with Crippen molar-refractivity contribution in [3.8, 4) is 10.9 Å². The number of hydrogen-bond acceptors (Lipinski definition) is 9. The van der Waals surface area contributed by atoms with E-state index in [0.717, 1.165) is 21.5 Å². The van der Waals surface area contributed by atoms with Crippen molar-refractivity contribution in [2.45, 2.75) is 26.9 Å². The first kappa shape index (κ1) is 25.1. The molecular formula is C24H22ClN5O5S. The molecule has 4 rings (SSSR count). The third kappa shape index (κ3) is 5.81. The largest absolute Gasteiger partial charge is 0.462 e. The van der Waals surface area contributed by atoms with E-state index in [0.29, 0.717) is 26.5 Å². The summed E-state index contributed by atoms with van der Waals surface area (Å²) in [5.74, 6) is 0.141. The van der Waals surface area contributed by atoms with Crippen LogP contribution in [0.15, 0.2) is 64.3 Å². The molecule has 4 aromatic rings. The summed E-state index contributed by atoms with van der Waals surface area (Å²) in [6.07, 6.45) is 1.40. The van der Waals surface area contributed by atoms with E-state index in [4.69, 9.17) is 21.1 Å². The van der Waals surface area contributed by atoms with Crippen molar-refractivity contribution in [3.63, 3.8) is 0 Å². The predicted octanol–water partition coefficient (Wildman–Crippen LogP) is 4.30. The van der Waals surface area contributed by atoms with Gasteiger partial charge in [0, 0.05) is 17.3 Å². The van der Waals surface area contributed by atoms with Crippen molar-refractivity contribution >= 4 is 40.5 Å². The molecule has 2 aromatic carbocycles. The number of benzene rings is 2. The van der Waals surface area contributed by atoms with Gasteiger partial charge < -0.3 is 14.8 Å². The number of nitrogens with zero attached hydrogens (tertiary/aromatic N) is 4. The second-order valence-corrected chi connectivity index (χ2v) is 8.85. The Balaban J connectivity index is 1.55. The molecule has 0 unspecified atom stereocenters. The summed E-state index contributed by atoms with van der Waals surface area (Å²) in [4.78, 5) is 45.7. The molecule has 0 bridgehead atoms. The van der Waals surface area contributed by atoms with E-state index in [9.17, 15) is 14.4 Å². The molecule has 0 aliphatic rings. The van der Waals surface area contributed by atoms with Crippen LogP contribution >= 0.6 is 22.9 Å². The van der Waals surface area contributed by atoms with E-state index in [1.807, 2.05) is 0 Å². The van der Waals surface area contributed by atoms with Gasteiger partial charge in [-0.1, -0.05) is 35.1 Å². The van der Waals surface area contributed by atoms with E-state index < -0.39 is 17.3 Å². The van der Waals surface area contributed by atoms with Gasteiger partial charge in [-0.25, -0.2) is 23.9 Å². The number of carbonyl (C=O) groups is 1. The maximum atomic E-state index is 13.0. The van der Waals surface area contributed by atoms with Gasteiger partial charge in [-0.05, 0) is 55.8 Å². The van der Waals surface area contributed by atoms with Crippen LogP contribution in [0.2, 0.25) is 5.02 Å². The minimum atomic E-state index is -0.640. The van der Waals surface area contributed by atoms with Gasteiger partial charge in [-0.2, -0.15) is 4.98 Å². The van der Waals surface area contributed by atoms with Gasteiger partial charge >= 0.3 is 17.3 Å². The number of nitrogens with one attached hydrogen (secondary N) is 1. The molecule has 36 heavy (non-hydrogen) atoms. The van der Waals surface area contributed by atoms with Crippen LogP contribution in [0.3, 0.4) is 0 Å². The van der Waals surface area contributed by atoms with Crippen LogP contribution in [-0.2, 0) is 17.8 Å². The Morgan fingerprint density at radius 2 is 1.78 bits per heavy atom. The number of thiazole rings is 1. The van der Waals surface area contributed by atoms with Crippen molar-refractivity contribution in [2.24, 2.45) is 0 Å². The second kappa shape index (κ2) is 11.2. The third-order valence-corrected chi connectivity index (χ3v) is 6.10. The Bertz CT molecular complexity index is 1480. The van der Waals surface area contributed by atoms with Gasteiger partial charge in [-0.3, -0.25) is 4.57 Å². The van der Waals surface area contributed by atoms with Crippen molar-refractivity contribution < 1.29 is 14.3 Å². The van der Waals surface area contributed by atoms with Crippen molar-refractivity contribution in [1.82, 2.24) is 19.1 Å². The number of rotatable bonds is 9. The quantitative estimate of drug-likeness (QED) is 0.320. The van der Waals surface area contributed by atoms with Gasteiger partial charge in [0.2, 0.25) is 5.95 Å². The molecule has 0 spiro atoms. The highest BCUT2D eigenvalue weighted by atomic mass is 35.5. The van der Waals surface area contributed by atoms with Crippen molar-refractivity contribution in [1.29, 1.82) is 0 Å². The number of halogens is 1. The lowest BCUT2D eigenvalue weighted by Gasteiger charge is -2.15. The molecule has 10 nitrogen and oxygen atoms in total. The van der Waals surface area contributed by atoms with E-state index in [1.54, 1.807) is 62.4 Å². The molecule has 0 saturated heterocycles. The molecule has 1 N–H and O–H groups in total. The summed E-state index contributed by atoms with van der Waals surface area (Å²) in [6, 6.07) is 13.9. The lowest BCUT2D eigenvalue weighted by atomic mass is 10.2. The van der Waals surface area contributed by atoms with Crippen molar-refractivity contribution in [2.75, 3.05) is 11.9 Å². The average molecular weight is 528 g/mol. The lowest BCUT2D eigenvalue weighted by Crippen LogP contribution is -2.42. The Labute approximate surface area is 214 Å². The molecule has 2 heterocycles. The minimum Gasteiger partial charge on any atom is -0.462 e. The molecule has 186 valence electrons. The van der Waals surface area contributed by atoms with Crippen LogP contribution in [0.1, 0.15) is 29.1 Å². The van der Waals surface area contributed by atoms with E-state index in [-0.39, 0.29) is 25.6 Å². The molecular weight excluding hydrogens is 506 g/mol. The highest BCUT2D eigenvalue weighted by Gasteiger charge is 2.15. The summed E-state index contributed by atoms with van der Waals surface area (Å²) in [7, 11) is 0. The van der Waals surface area contributed by atoms with Gasteiger partial charge in [0.25, 0.3) is 5.19 Å². The average Bonchev–Trinajstić information content (AvgIpc) is 3.33. The molecule has 0 aliphatic carbocycles. The number of anilines is 2. The highest BCUT2D eigenvalue weighted by Crippen LogP contribution is 2.28. The number of carbonyl (C=O) groups excluding carboxylic acids is 1. The first-order valence-corrected chi connectivity index (χ1v) is 12.2. The topological polar surface area (TPSA) is 117 Å². The summed E-state index contributed by atoms with van der Waals surface area (Å²) >= 11 is 7.05. The fraction of sp³-hybridized carbons (Fsp3) is 0.208. The van der Waals surface area contributed by atoms with Crippen LogP contribution in [-0.4, -0.2) is 31.7 Å². The Kier molecular flexibility index (Phi) is 7.81. The van der Waals surface area contributed by atoms with Gasteiger partial charge in [0.1, 0.15) is 10.6 Å². The molecule has 0 atom stereocenters. The zero-order chi connectivity index (χ0) is 25.7. The highest BCUT2D eigenvalue weighted by molar-refractivity contribution is 7.15. The van der Waals surface area contributed by atoms with Crippen molar-refractivity contribution in [3.05, 3.63) is 91.2 Å². The Hall–Kier alpha value is -3.96. The summed E-state index contributed by atoms with van der Waals surface area (Å²) < 4.78 is 13.1. The number of esters is 1. The first-order chi connectivity index (χ1) is 17.4. The summed E-state index contributed by atoms with van der Waals surface area (Å²) in [5, 5.41) is 3.92. The Morgan fingerprint density at radius 1 is 1.06 bits per heavy atom. The fourth-order valence-electron chi connectivity index (χ4n) is 3.25. The van der Waals surface area contributed by atoms with Gasteiger partial charge in [0.15, 0.2) is 0 Å². The summed E-state index contributed by atoms with van der Waals surface area (Å²) in [6.45, 7) is 4.11. The third-order valence-electron chi connectivity index (χ3n) is 5.00. The molecule has 0 radical (unpaired) electrons. The molecule has 0 fully saturated rings. The molecule has 12 heteroatoms.